The van der Waals surface area contributed by atoms with Crippen LogP contribution in [0.1, 0.15) is 15.9 Å². The van der Waals surface area contributed by atoms with E-state index in [1.54, 1.807) is 0 Å². The first-order valence-corrected chi connectivity index (χ1v) is 6.45. The molecule has 0 saturated carbocycles. The van der Waals surface area contributed by atoms with E-state index in [1.165, 1.54) is 24.4 Å². The topological polar surface area (TPSA) is 68.0 Å². The van der Waals surface area contributed by atoms with E-state index >= 15 is 0 Å². The van der Waals surface area contributed by atoms with E-state index in [-0.39, 0.29) is 21.5 Å². The fraction of sp³-hybridized carbons (Fsp3) is 0.0769. The second kappa shape index (κ2) is 5.72. The number of pyridine rings is 1. The van der Waals surface area contributed by atoms with Gasteiger partial charge in [-0.15, -0.1) is 0 Å². The van der Waals surface area contributed by atoms with Crippen molar-refractivity contribution in [1.82, 2.24) is 4.98 Å². The molecule has 1 aromatic heterocycles. The molecule has 0 spiro atoms. The van der Waals surface area contributed by atoms with Crippen LogP contribution in [0.15, 0.2) is 41.0 Å². The Kier molecular flexibility index (Phi) is 4.17. The van der Waals surface area contributed by atoms with Crippen LogP contribution >= 0.6 is 15.9 Å². The third-order valence-electron chi connectivity index (χ3n) is 2.53. The van der Waals surface area contributed by atoms with Gasteiger partial charge in [0.05, 0.1) is 11.1 Å². The number of nitrogens with one attached hydrogen (secondary N) is 1. The van der Waals surface area contributed by atoms with Crippen LogP contribution in [0.5, 0.6) is 0 Å². The third-order valence-corrected chi connectivity index (χ3v) is 2.99. The summed E-state index contributed by atoms with van der Waals surface area (Å²) < 4.78 is 38.3. The lowest BCUT2D eigenvalue weighted by Gasteiger charge is -2.11. The van der Waals surface area contributed by atoms with Crippen molar-refractivity contribution >= 4 is 33.3 Å². The Morgan fingerprint density at radius 2 is 1.95 bits per heavy atom. The molecular weight excluding hydrogens is 351 g/mol. The van der Waals surface area contributed by atoms with Gasteiger partial charge >= 0.3 is 6.18 Å². The van der Waals surface area contributed by atoms with Gasteiger partial charge in [0.15, 0.2) is 0 Å². The van der Waals surface area contributed by atoms with Crippen LogP contribution in [0.3, 0.4) is 0 Å². The van der Waals surface area contributed by atoms with Crippen molar-refractivity contribution in [3.05, 3.63) is 52.1 Å². The predicted molar refractivity (Wildman–Crippen MR) is 75.7 cm³/mol. The largest absolute Gasteiger partial charge is 0.416 e. The van der Waals surface area contributed by atoms with Crippen molar-refractivity contribution in [2.45, 2.75) is 6.18 Å². The Labute approximate surface area is 126 Å². The van der Waals surface area contributed by atoms with Crippen molar-refractivity contribution in [3.63, 3.8) is 0 Å². The lowest BCUT2D eigenvalue weighted by molar-refractivity contribution is -0.137. The lowest BCUT2D eigenvalue weighted by atomic mass is 10.2. The summed E-state index contributed by atoms with van der Waals surface area (Å²) in [5.74, 6) is -0.331. The minimum atomic E-state index is -4.49. The molecule has 0 unspecified atom stereocenters. The van der Waals surface area contributed by atoms with Crippen LogP contribution in [-0.2, 0) is 6.18 Å². The molecule has 3 N–H and O–H groups in total. The molecule has 21 heavy (non-hydrogen) atoms. The van der Waals surface area contributed by atoms with Gasteiger partial charge in [0.25, 0.3) is 5.91 Å². The summed E-state index contributed by atoms with van der Waals surface area (Å²) in [4.78, 5) is 15.7. The number of carbonyl (C=O) groups excluding carboxylic acids is 1. The van der Waals surface area contributed by atoms with Gasteiger partial charge in [0.1, 0.15) is 5.82 Å². The normalized spacial score (nSPS) is 11.2. The number of nitrogens with two attached hydrogens (primary N) is 1. The Balaban J connectivity index is 2.25. The second-order valence-electron chi connectivity index (χ2n) is 4.15. The summed E-state index contributed by atoms with van der Waals surface area (Å²) in [5.41, 5.74) is 4.75. The standard InChI is InChI=1S/C13H9BrF3N3O/c14-9-3-8(13(15,16)17)4-10(5-9)20-12(21)7-1-2-11(18)19-6-7/h1-6H,(H2,18,19)(H,20,21). The van der Waals surface area contributed by atoms with E-state index in [2.05, 4.69) is 26.2 Å². The monoisotopic (exact) mass is 359 g/mol. The van der Waals surface area contributed by atoms with Crippen LogP contribution < -0.4 is 11.1 Å². The minimum absolute atomic E-state index is 0.0264. The van der Waals surface area contributed by atoms with E-state index < -0.39 is 17.6 Å². The van der Waals surface area contributed by atoms with Crippen LogP contribution in [0.4, 0.5) is 24.7 Å². The maximum atomic E-state index is 12.7. The first-order valence-electron chi connectivity index (χ1n) is 5.66. The number of halogens is 4. The molecule has 8 heteroatoms. The molecule has 110 valence electrons. The molecule has 0 atom stereocenters. The summed E-state index contributed by atoms with van der Waals surface area (Å²) >= 11 is 2.98. The number of nitrogen functional groups attached to an aromatic ring is 1. The van der Waals surface area contributed by atoms with Crippen LogP contribution in [0, 0.1) is 0 Å². The van der Waals surface area contributed by atoms with E-state index in [0.29, 0.717) is 0 Å². The van der Waals surface area contributed by atoms with Crippen molar-refractivity contribution in [2.24, 2.45) is 0 Å². The Morgan fingerprint density at radius 3 is 2.52 bits per heavy atom. The zero-order chi connectivity index (χ0) is 15.6. The summed E-state index contributed by atoms with van der Waals surface area (Å²) in [6.07, 6.45) is -3.25. The molecule has 0 aliphatic heterocycles. The molecule has 1 heterocycles. The molecule has 1 aromatic carbocycles. The van der Waals surface area contributed by atoms with E-state index in [0.717, 1.165) is 12.1 Å². The third kappa shape index (κ3) is 3.94. The number of hydrogen-bond acceptors (Lipinski definition) is 3. The van der Waals surface area contributed by atoms with Gasteiger partial charge < -0.3 is 11.1 Å². The summed E-state index contributed by atoms with van der Waals surface area (Å²) in [5, 5.41) is 2.38. The maximum absolute atomic E-state index is 12.7. The van der Waals surface area contributed by atoms with E-state index in [1.807, 2.05) is 0 Å². The van der Waals surface area contributed by atoms with Gasteiger partial charge in [-0.25, -0.2) is 4.98 Å². The average Bonchev–Trinajstić information content (AvgIpc) is 2.37. The first kappa shape index (κ1) is 15.3. The molecule has 2 aromatic rings. The highest BCUT2D eigenvalue weighted by Gasteiger charge is 2.31. The number of benzene rings is 1. The smallest absolute Gasteiger partial charge is 0.384 e. The number of aromatic nitrogens is 1. The second-order valence-corrected chi connectivity index (χ2v) is 5.07. The minimum Gasteiger partial charge on any atom is -0.384 e. The summed E-state index contributed by atoms with van der Waals surface area (Å²) in [6, 6.07) is 6.02. The van der Waals surface area contributed by atoms with E-state index in [9.17, 15) is 18.0 Å². The van der Waals surface area contributed by atoms with E-state index in [4.69, 9.17) is 5.73 Å². The van der Waals surface area contributed by atoms with Gasteiger partial charge in [-0.1, -0.05) is 15.9 Å². The molecule has 0 saturated heterocycles. The van der Waals surface area contributed by atoms with Crippen LogP contribution in [0.2, 0.25) is 0 Å². The van der Waals surface area contributed by atoms with Gasteiger partial charge in [-0.3, -0.25) is 4.79 Å². The first-order chi connectivity index (χ1) is 9.75. The number of hydrogen-bond donors (Lipinski definition) is 2. The highest BCUT2D eigenvalue weighted by molar-refractivity contribution is 9.10. The number of carbonyl (C=O) groups is 1. The lowest BCUT2D eigenvalue weighted by Crippen LogP contribution is -2.13. The molecular formula is C13H9BrF3N3O. The molecule has 0 bridgehead atoms. The quantitative estimate of drug-likeness (QED) is 0.858. The van der Waals surface area contributed by atoms with Gasteiger partial charge in [0, 0.05) is 16.4 Å². The molecule has 0 aliphatic carbocycles. The van der Waals surface area contributed by atoms with Gasteiger partial charge in [-0.2, -0.15) is 13.2 Å². The van der Waals surface area contributed by atoms with Crippen molar-refractivity contribution < 1.29 is 18.0 Å². The Hall–Kier alpha value is -2.09. The molecule has 4 nitrogen and oxygen atoms in total. The molecule has 2 rings (SSSR count). The fourth-order valence-corrected chi connectivity index (χ4v) is 2.06. The van der Waals surface area contributed by atoms with Crippen molar-refractivity contribution in [2.75, 3.05) is 11.1 Å². The average molecular weight is 360 g/mol. The maximum Gasteiger partial charge on any atom is 0.416 e. The molecule has 1 amide bonds. The van der Waals surface area contributed by atoms with Crippen molar-refractivity contribution in [3.8, 4) is 0 Å². The fourth-order valence-electron chi connectivity index (χ4n) is 1.57. The van der Waals surface area contributed by atoms with Crippen LogP contribution in [0.25, 0.3) is 0 Å². The Morgan fingerprint density at radius 1 is 1.24 bits per heavy atom. The summed E-state index contributed by atoms with van der Waals surface area (Å²) in [6.45, 7) is 0. The highest BCUT2D eigenvalue weighted by Crippen LogP contribution is 2.33. The number of anilines is 2. The summed E-state index contributed by atoms with van der Waals surface area (Å²) in [7, 11) is 0. The van der Waals surface area contributed by atoms with Gasteiger partial charge in [0.2, 0.25) is 0 Å². The number of amides is 1. The SMILES string of the molecule is Nc1ccc(C(=O)Nc2cc(Br)cc(C(F)(F)F)c2)cn1. The zero-order valence-corrected chi connectivity index (χ0v) is 12.0. The van der Waals surface area contributed by atoms with Crippen molar-refractivity contribution in [1.29, 1.82) is 0 Å². The number of rotatable bonds is 2. The highest BCUT2D eigenvalue weighted by atomic mass is 79.9. The van der Waals surface area contributed by atoms with Gasteiger partial charge in [-0.05, 0) is 30.3 Å². The number of alkyl halides is 3. The van der Waals surface area contributed by atoms with Crippen LogP contribution in [-0.4, -0.2) is 10.9 Å². The predicted octanol–water partition coefficient (Wildman–Crippen LogP) is 3.70. The Bertz CT molecular complexity index is 671. The zero-order valence-electron chi connectivity index (χ0n) is 10.4. The molecule has 0 aliphatic rings. The number of nitrogens with zero attached hydrogens (tertiary/aromatic N) is 1. The molecule has 0 radical (unpaired) electrons. The molecule has 0 fully saturated rings.